The largest absolute Gasteiger partial charge is 0.461 e. The first-order valence-electron chi connectivity index (χ1n) is 5.64. The topological polar surface area (TPSA) is 26.3 Å². The van der Waals surface area contributed by atoms with Crippen LogP contribution in [0, 0.1) is 10.8 Å². The lowest BCUT2D eigenvalue weighted by atomic mass is 9.68. The molecule has 0 N–H and O–H groups in total. The Morgan fingerprint density at radius 2 is 1.64 bits per heavy atom. The third kappa shape index (κ3) is 1.35. The van der Waals surface area contributed by atoms with Crippen LogP contribution in [-0.4, -0.2) is 12.1 Å². The average Bonchev–Trinajstić information content (AvgIpc) is 2.27. The summed E-state index contributed by atoms with van der Waals surface area (Å²) in [4.78, 5) is 11.1. The highest BCUT2D eigenvalue weighted by atomic mass is 16.5. The maximum atomic E-state index is 11.1. The fourth-order valence-corrected chi connectivity index (χ4v) is 3.53. The molecule has 0 aromatic rings. The fraction of sp³-hybridized carbons (Fsp3) is 0.917. The molecular weight excluding hydrogens is 176 g/mol. The summed E-state index contributed by atoms with van der Waals surface area (Å²) in [6, 6.07) is 0. The van der Waals surface area contributed by atoms with Crippen molar-refractivity contribution in [1.29, 1.82) is 0 Å². The van der Waals surface area contributed by atoms with Crippen molar-refractivity contribution in [3.05, 3.63) is 0 Å². The minimum atomic E-state index is -0.115. The lowest BCUT2D eigenvalue weighted by molar-refractivity contribution is -0.163. The van der Waals surface area contributed by atoms with Crippen LogP contribution >= 0.6 is 0 Å². The van der Waals surface area contributed by atoms with Gasteiger partial charge in [-0.1, -0.05) is 20.3 Å². The first-order valence-corrected chi connectivity index (χ1v) is 5.64. The molecule has 2 fully saturated rings. The van der Waals surface area contributed by atoms with Gasteiger partial charge < -0.3 is 4.74 Å². The Hall–Kier alpha value is -0.530. The monoisotopic (exact) mass is 196 g/mol. The SMILES string of the molecule is CC(=O)OC1C2(C)CCCC1(C)CC2. The van der Waals surface area contributed by atoms with Crippen LogP contribution in [0.25, 0.3) is 0 Å². The molecule has 0 aromatic carbocycles. The normalized spacial score (nSPS) is 46.4. The molecule has 2 rings (SSSR count). The summed E-state index contributed by atoms with van der Waals surface area (Å²) in [6.45, 7) is 6.09. The summed E-state index contributed by atoms with van der Waals surface area (Å²) in [5.74, 6) is -0.115. The van der Waals surface area contributed by atoms with E-state index in [-0.39, 0.29) is 22.9 Å². The molecule has 2 nitrogen and oxygen atoms in total. The molecular formula is C12H20O2. The molecule has 14 heavy (non-hydrogen) atoms. The van der Waals surface area contributed by atoms with Gasteiger partial charge in [-0.3, -0.25) is 4.79 Å². The predicted octanol–water partition coefficient (Wildman–Crippen LogP) is 2.91. The van der Waals surface area contributed by atoms with Gasteiger partial charge in [0.2, 0.25) is 0 Å². The van der Waals surface area contributed by atoms with Crippen LogP contribution in [0.3, 0.4) is 0 Å². The van der Waals surface area contributed by atoms with Crippen LogP contribution < -0.4 is 0 Å². The van der Waals surface area contributed by atoms with Crippen LogP contribution in [0.15, 0.2) is 0 Å². The molecule has 2 heteroatoms. The number of hydrogen-bond acceptors (Lipinski definition) is 2. The molecule has 0 aliphatic heterocycles. The number of hydrogen-bond donors (Lipinski definition) is 0. The average molecular weight is 196 g/mol. The second-order valence-electron chi connectivity index (χ2n) is 5.65. The van der Waals surface area contributed by atoms with Crippen molar-refractivity contribution in [3.8, 4) is 0 Å². The highest BCUT2D eigenvalue weighted by molar-refractivity contribution is 5.66. The van der Waals surface area contributed by atoms with Crippen LogP contribution in [0.4, 0.5) is 0 Å². The second kappa shape index (κ2) is 2.98. The summed E-state index contributed by atoms with van der Waals surface area (Å²) in [5, 5.41) is 0. The van der Waals surface area contributed by atoms with E-state index in [0.717, 1.165) is 0 Å². The van der Waals surface area contributed by atoms with Gasteiger partial charge in [0, 0.05) is 17.8 Å². The molecule has 0 spiro atoms. The lowest BCUT2D eigenvalue weighted by Gasteiger charge is -2.43. The Morgan fingerprint density at radius 1 is 1.14 bits per heavy atom. The van der Waals surface area contributed by atoms with Gasteiger partial charge in [0.15, 0.2) is 0 Å². The van der Waals surface area contributed by atoms with Crippen molar-refractivity contribution >= 4 is 5.97 Å². The fourth-order valence-electron chi connectivity index (χ4n) is 3.53. The van der Waals surface area contributed by atoms with E-state index in [1.54, 1.807) is 0 Å². The summed E-state index contributed by atoms with van der Waals surface area (Å²) >= 11 is 0. The molecule has 0 saturated heterocycles. The van der Waals surface area contributed by atoms with Crippen molar-refractivity contribution in [2.45, 2.75) is 59.0 Å². The number of rotatable bonds is 1. The van der Waals surface area contributed by atoms with E-state index < -0.39 is 0 Å². The standard InChI is InChI=1S/C12H20O2/c1-9(13)14-10-11(2)5-4-6-12(10,3)8-7-11/h10H,4-8H2,1-3H3. The Bertz CT molecular complexity index is 243. The maximum Gasteiger partial charge on any atom is 0.302 e. The summed E-state index contributed by atoms with van der Waals surface area (Å²) in [6.07, 6.45) is 6.36. The van der Waals surface area contributed by atoms with Gasteiger partial charge in [-0.05, 0) is 25.7 Å². The third-order valence-electron chi connectivity index (χ3n) is 4.31. The minimum Gasteiger partial charge on any atom is -0.461 e. The number of esters is 1. The summed E-state index contributed by atoms with van der Waals surface area (Å²) in [7, 11) is 0. The van der Waals surface area contributed by atoms with E-state index in [2.05, 4.69) is 13.8 Å². The van der Waals surface area contributed by atoms with E-state index >= 15 is 0 Å². The van der Waals surface area contributed by atoms with Crippen molar-refractivity contribution in [1.82, 2.24) is 0 Å². The number of carbonyl (C=O) groups excluding carboxylic acids is 1. The Balaban J connectivity index is 2.23. The third-order valence-corrected chi connectivity index (χ3v) is 4.31. The van der Waals surface area contributed by atoms with E-state index in [4.69, 9.17) is 4.74 Å². The van der Waals surface area contributed by atoms with Gasteiger partial charge in [-0.2, -0.15) is 0 Å². The number of ether oxygens (including phenoxy) is 1. The Kier molecular flexibility index (Phi) is 2.13. The van der Waals surface area contributed by atoms with Crippen molar-refractivity contribution < 1.29 is 9.53 Å². The van der Waals surface area contributed by atoms with Crippen LogP contribution in [0.2, 0.25) is 0 Å². The molecule has 2 aliphatic carbocycles. The van der Waals surface area contributed by atoms with Gasteiger partial charge >= 0.3 is 5.97 Å². The zero-order valence-corrected chi connectivity index (χ0v) is 9.43. The van der Waals surface area contributed by atoms with Crippen LogP contribution in [-0.2, 0) is 9.53 Å². The molecule has 2 unspecified atom stereocenters. The number of fused-ring (bicyclic) bond motifs is 2. The van der Waals surface area contributed by atoms with E-state index in [0.29, 0.717) is 0 Å². The maximum absolute atomic E-state index is 11.1. The molecule has 0 aromatic heterocycles. The molecule has 2 saturated carbocycles. The molecule has 0 amide bonds. The smallest absolute Gasteiger partial charge is 0.302 e. The van der Waals surface area contributed by atoms with Crippen molar-refractivity contribution in [2.24, 2.45) is 10.8 Å². The van der Waals surface area contributed by atoms with E-state index in [9.17, 15) is 4.79 Å². The quantitative estimate of drug-likeness (QED) is 0.603. The molecule has 0 radical (unpaired) electrons. The van der Waals surface area contributed by atoms with E-state index in [1.807, 2.05) is 0 Å². The molecule has 0 heterocycles. The summed E-state index contributed by atoms with van der Waals surface area (Å²) in [5.41, 5.74) is 0.525. The van der Waals surface area contributed by atoms with E-state index in [1.165, 1.54) is 39.0 Å². The zero-order valence-electron chi connectivity index (χ0n) is 9.43. The second-order valence-corrected chi connectivity index (χ2v) is 5.65. The van der Waals surface area contributed by atoms with Gasteiger partial charge in [0.25, 0.3) is 0 Å². The van der Waals surface area contributed by atoms with Crippen molar-refractivity contribution in [2.75, 3.05) is 0 Å². The Morgan fingerprint density at radius 3 is 2.07 bits per heavy atom. The minimum absolute atomic E-state index is 0.115. The number of carbonyl (C=O) groups is 1. The van der Waals surface area contributed by atoms with Crippen LogP contribution in [0.1, 0.15) is 52.9 Å². The van der Waals surface area contributed by atoms with Crippen molar-refractivity contribution in [3.63, 3.8) is 0 Å². The first-order chi connectivity index (χ1) is 6.46. The highest BCUT2D eigenvalue weighted by Gasteiger charge is 2.56. The Labute approximate surface area is 86.0 Å². The van der Waals surface area contributed by atoms with Gasteiger partial charge in [-0.15, -0.1) is 0 Å². The van der Waals surface area contributed by atoms with Gasteiger partial charge in [0.05, 0.1) is 0 Å². The summed E-state index contributed by atoms with van der Waals surface area (Å²) < 4.78 is 5.55. The molecule has 2 bridgehead atoms. The predicted molar refractivity (Wildman–Crippen MR) is 54.9 cm³/mol. The molecule has 2 aliphatic rings. The van der Waals surface area contributed by atoms with Gasteiger partial charge in [-0.25, -0.2) is 0 Å². The first kappa shape index (κ1) is 10.0. The highest BCUT2D eigenvalue weighted by Crippen LogP contribution is 2.59. The lowest BCUT2D eigenvalue weighted by Crippen LogP contribution is -2.43. The zero-order chi connectivity index (χ0) is 10.4. The molecule has 2 atom stereocenters. The van der Waals surface area contributed by atoms with Gasteiger partial charge in [0.1, 0.15) is 6.10 Å². The van der Waals surface area contributed by atoms with Crippen LogP contribution in [0.5, 0.6) is 0 Å². The molecule has 80 valence electrons.